The highest BCUT2D eigenvalue weighted by Gasteiger charge is 2.41. The van der Waals surface area contributed by atoms with E-state index in [2.05, 4.69) is 16.4 Å². The van der Waals surface area contributed by atoms with Crippen LogP contribution < -0.4 is 9.47 Å². The molecule has 45 heavy (non-hydrogen) atoms. The standard InChI is InChI=1S/C33H24F10O2/c1-17-2-4-18(5-3-17)19-6-9-24(25(34)12-19)21-14-28(37)31(29(38)15-21)32(39,40)44-22-8-10-23(26(35)16-22)20-7-11-30(27(36)13-20)45-33(41,42)43/h6-18H,2-5H2,1H3. The minimum Gasteiger partial charge on any atom is -0.429 e. The molecule has 0 N–H and O–H groups in total. The molecular formula is C33H24F10O2. The van der Waals surface area contributed by atoms with Gasteiger partial charge in [0.05, 0.1) is 0 Å². The average Bonchev–Trinajstić information content (AvgIpc) is 2.93. The Kier molecular flexibility index (Phi) is 8.79. The molecule has 0 amide bonds. The molecule has 238 valence electrons. The molecule has 1 saturated carbocycles. The quantitative estimate of drug-likeness (QED) is 0.187. The zero-order valence-corrected chi connectivity index (χ0v) is 23.4. The fraction of sp³-hybridized carbons (Fsp3) is 0.273. The zero-order valence-electron chi connectivity index (χ0n) is 23.4. The molecule has 4 aromatic rings. The molecule has 0 radical (unpaired) electrons. The van der Waals surface area contributed by atoms with Crippen molar-refractivity contribution < 1.29 is 53.4 Å². The van der Waals surface area contributed by atoms with Crippen LogP contribution in [0.5, 0.6) is 11.5 Å². The van der Waals surface area contributed by atoms with Crippen LogP contribution in [-0.2, 0) is 6.11 Å². The van der Waals surface area contributed by atoms with Gasteiger partial charge < -0.3 is 9.47 Å². The van der Waals surface area contributed by atoms with Crippen molar-refractivity contribution in [3.8, 4) is 33.8 Å². The summed E-state index contributed by atoms with van der Waals surface area (Å²) in [6.45, 7) is 2.14. The number of halogens is 10. The van der Waals surface area contributed by atoms with E-state index in [-0.39, 0.29) is 22.6 Å². The van der Waals surface area contributed by atoms with E-state index in [4.69, 9.17) is 0 Å². The molecule has 5 rings (SSSR count). The van der Waals surface area contributed by atoms with Crippen LogP contribution in [0.1, 0.15) is 49.7 Å². The zero-order chi connectivity index (χ0) is 32.7. The van der Waals surface area contributed by atoms with Crippen LogP contribution in [0, 0.1) is 35.0 Å². The number of hydrogen-bond acceptors (Lipinski definition) is 2. The average molecular weight is 643 g/mol. The van der Waals surface area contributed by atoms with Crippen LogP contribution in [0.15, 0.2) is 66.7 Å². The third-order valence-corrected chi connectivity index (χ3v) is 7.78. The van der Waals surface area contributed by atoms with Crippen LogP contribution in [0.4, 0.5) is 43.9 Å². The van der Waals surface area contributed by atoms with Crippen LogP contribution in [-0.4, -0.2) is 6.36 Å². The van der Waals surface area contributed by atoms with E-state index in [1.54, 1.807) is 6.07 Å². The minimum atomic E-state index is -5.17. The van der Waals surface area contributed by atoms with Crippen molar-refractivity contribution in [2.24, 2.45) is 5.92 Å². The summed E-state index contributed by atoms with van der Waals surface area (Å²) in [6, 6.07) is 9.47. The fourth-order valence-electron chi connectivity index (χ4n) is 5.49. The molecule has 0 saturated heterocycles. The summed E-state index contributed by atoms with van der Waals surface area (Å²) in [5, 5.41) is 0. The predicted octanol–water partition coefficient (Wildman–Crippen LogP) is 11.0. The van der Waals surface area contributed by atoms with E-state index in [1.807, 2.05) is 0 Å². The van der Waals surface area contributed by atoms with E-state index >= 15 is 4.39 Å². The van der Waals surface area contributed by atoms with Crippen molar-refractivity contribution in [3.05, 3.63) is 107 Å². The van der Waals surface area contributed by atoms with Gasteiger partial charge in [0.2, 0.25) is 0 Å². The summed E-state index contributed by atoms with van der Waals surface area (Å²) in [6.07, 6.45) is -6.08. The summed E-state index contributed by atoms with van der Waals surface area (Å²) in [7, 11) is 0. The second-order valence-corrected chi connectivity index (χ2v) is 11.0. The number of ether oxygens (including phenoxy) is 2. The fourth-order valence-corrected chi connectivity index (χ4v) is 5.49. The lowest BCUT2D eigenvalue weighted by Crippen LogP contribution is -2.25. The summed E-state index contributed by atoms with van der Waals surface area (Å²) in [4.78, 5) is 0. The van der Waals surface area contributed by atoms with Crippen LogP contribution >= 0.6 is 0 Å². The Morgan fingerprint density at radius 2 is 1.16 bits per heavy atom. The molecule has 2 nitrogen and oxygen atoms in total. The number of rotatable bonds is 7. The maximum atomic E-state index is 15.0. The summed E-state index contributed by atoms with van der Waals surface area (Å²) in [5.41, 5.74) is -2.23. The first-order valence-corrected chi connectivity index (χ1v) is 13.8. The lowest BCUT2D eigenvalue weighted by molar-refractivity contribution is -0.275. The highest BCUT2D eigenvalue weighted by Crippen LogP contribution is 2.40. The van der Waals surface area contributed by atoms with Gasteiger partial charge in [-0.3, -0.25) is 0 Å². The molecule has 0 unspecified atom stereocenters. The molecule has 0 aromatic heterocycles. The molecule has 1 aliphatic rings. The minimum absolute atomic E-state index is 0.148. The Labute approximate surface area is 251 Å². The first kappa shape index (κ1) is 32.2. The maximum Gasteiger partial charge on any atom is 0.573 e. The van der Waals surface area contributed by atoms with Crippen molar-refractivity contribution in [2.45, 2.75) is 51.0 Å². The van der Waals surface area contributed by atoms with Crippen LogP contribution in [0.3, 0.4) is 0 Å². The summed E-state index contributed by atoms with van der Waals surface area (Å²) in [5.74, 6) is -8.30. The molecule has 0 atom stereocenters. The van der Waals surface area contributed by atoms with Crippen LogP contribution in [0.25, 0.3) is 22.3 Å². The van der Waals surface area contributed by atoms with Gasteiger partial charge in [-0.1, -0.05) is 38.0 Å². The van der Waals surface area contributed by atoms with Crippen molar-refractivity contribution in [1.82, 2.24) is 0 Å². The second kappa shape index (κ2) is 12.3. The Morgan fingerprint density at radius 3 is 1.73 bits per heavy atom. The second-order valence-electron chi connectivity index (χ2n) is 11.0. The largest absolute Gasteiger partial charge is 0.573 e. The Balaban J connectivity index is 1.35. The SMILES string of the molecule is CC1CCC(c2ccc(-c3cc(F)c(C(F)(F)Oc4ccc(-c5ccc(OC(F)(F)F)c(F)c5)c(F)c4)c(F)c3)c(F)c2)CC1. The summed E-state index contributed by atoms with van der Waals surface area (Å²) < 4.78 is 149. The van der Waals surface area contributed by atoms with Crippen molar-refractivity contribution in [3.63, 3.8) is 0 Å². The topological polar surface area (TPSA) is 18.5 Å². The highest BCUT2D eigenvalue weighted by atomic mass is 19.4. The number of benzene rings is 4. The van der Waals surface area contributed by atoms with Crippen LogP contribution in [0.2, 0.25) is 0 Å². The predicted molar refractivity (Wildman–Crippen MR) is 145 cm³/mol. The van der Waals surface area contributed by atoms with Crippen molar-refractivity contribution in [1.29, 1.82) is 0 Å². The first-order chi connectivity index (χ1) is 21.1. The molecular weight excluding hydrogens is 618 g/mol. The summed E-state index contributed by atoms with van der Waals surface area (Å²) >= 11 is 0. The maximum absolute atomic E-state index is 15.0. The third-order valence-electron chi connectivity index (χ3n) is 7.78. The lowest BCUT2D eigenvalue weighted by Gasteiger charge is -2.26. The molecule has 0 spiro atoms. The molecule has 0 heterocycles. The molecule has 4 aromatic carbocycles. The molecule has 0 aliphatic heterocycles. The van der Waals surface area contributed by atoms with Crippen molar-refractivity contribution >= 4 is 0 Å². The number of hydrogen-bond donors (Lipinski definition) is 0. The van der Waals surface area contributed by atoms with E-state index in [0.29, 0.717) is 36.2 Å². The third kappa shape index (κ3) is 7.20. The van der Waals surface area contributed by atoms with Gasteiger partial charge in [-0.25, -0.2) is 22.0 Å². The molecule has 1 aliphatic carbocycles. The number of alkyl halides is 5. The van der Waals surface area contributed by atoms with Gasteiger partial charge in [0.25, 0.3) is 0 Å². The van der Waals surface area contributed by atoms with Gasteiger partial charge in [0, 0.05) is 17.2 Å². The lowest BCUT2D eigenvalue weighted by atomic mass is 9.79. The van der Waals surface area contributed by atoms with E-state index < -0.39 is 64.2 Å². The van der Waals surface area contributed by atoms with Gasteiger partial charge in [-0.05, 0) is 83.8 Å². The van der Waals surface area contributed by atoms with Gasteiger partial charge >= 0.3 is 12.5 Å². The van der Waals surface area contributed by atoms with Gasteiger partial charge in [0.15, 0.2) is 11.6 Å². The smallest absolute Gasteiger partial charge is 0.429 e. The van der Waals surface area contributed by atoms with Gasteiger partial charge in [-0.2, -0.15) is 8.78 Å². The molecule has 1 fully saturated rings. The normalized spacial score (nSPS) is 17.3. The van der Waals surface area contributed by atoms with E-state index in [9.17, 15) is 39.5 Å². The van der Waals surface area contributed by atoms with E-state index in [0.717, 1.165) is 49.4 Å². The molecule has 0 bridgehead atoms. The molecule has 12 heteroatoms. The van der Waals surface area contributed by atoms with Crippen molar-refractivity contribution in [2.75, 3.05) is 0 Å². The Morgan fingerprint density at radius 1 is 0.578 bits per heavy atom. The van der Waals surface area contributed by atoms with Gasteiger partial charge in [0.1, 0.15) is 34.6 Å². The van der Waals surface area contributed by atoms with Gasteiger partial charge in [-0.15, -0.1) is 13.2 Å². The Hall–Kier alpha value is -4.22. The monoisotopic (exact) mass is 642 g/mol. The van der Waals surface area contributed by atoms with E-state index in [1.165, 1.54) is 12.1 Å². The Bertz CT molecular complexity index is 1690. The highest BCUT2D eigenvalue weighted by molar-refractivity contribution is 5.67. The first-order valence-electron chi connectivity index (χ1n) is 13.8.